The van der Waals surface area contributed by atoms with Crippen LogP contribution in [0.15, 0.2) is 41.4 Å². The number of pyridine rings is 1. The Morgan fingerprint density at radius 2 is 1.95 bits per heavy atom. The van der Waals surface area contributed by atoms with Crippen molar-refractivity contribution in [2.24, 2.45) is 0 Å². The van der Waals surface area contributed by atoms with Crippen LogP contribution in [0.25, 0.3) is 0 Å². The van der Waals surface area contributed by atoms with E-state index < -0.39 is 14.9 Å². The van der Waals surface area contributed by atoms with Gasteiger partial charge < -0.3 is 4.74 Å². The van der Waals surface area contributed by atoms with Crippen LogP contribution in [0.2, 0.25) is 5.02 Å². The molecule has 0 bridgehead atoms. The van der Waals surface area contributed by atoms with Crippen LogP contribution >= 0.6 is 22.3 Å². The van der Waals surface area contributed by atoms with Crippen molar-refractivity contribution in [3.05, 3.63) is 47.4 Å². The van der Waals surface area contributed by atoms with E-state index in [1.54, 1.807) is 0 Å². The zero-order chi connectivity index (χ0) is 14.0. The Morgan fingerprint density at radius 1 is 1.21 bits per heavy atom. The average molecular weight is 322 g/mol. The molecule has 0 fully saturated rings. The first-order valence-corrected chi connectivity index (χ1v) is 7.59. The smallest absolute Gasteiger partial charge is 0.262 e. The summed E-state index contributed by atoms with van der Waals surface area (Å²) in [7, 11) is 1.28. The van der Waals surface area contributed by atoms with Gasteiger partial charge in [-0.1, -0.05) is 17.7 Å². The molecule has 2 aromatic rings. The van der Waals surface area contributed by atoms with Gasteiger partial charge in [0.1, 0.15) is 4.90 Å². The van der Waals surface area contributed by atoms with Crippen molar-refractivity contribution in [1.29, 1.82) is 0 Å². The van der Waals surface area contributed by atoms with Crippen molar-refractivity contribution in [2.75, 3.05) is 0 Å². The Hall–Kier alpha value is -1.37. The van der Waals surface area contributed by atoms with Gasteiger partial charge in [0.05, 0.1) is 11.2 Å². The first-order chi connectivity index (χ1) is 8.88. The fraction of sp³-hybridized carbons (Fsp3) is 0. The van der Waals surface area contributed by atoms with Gasteiger partial charge in [-0.15, -0.1) is 0 Å². The van der Waals surface area contributed by atoms with E-state index in [0.717, 1.165) is 6.20 Å². The zero-order valence-corrected chi connectivity index (χ0v) is 11.5. The average Bonchev–Trinajstić information content (AvgIpc) is 2.35. The molecule has 100 valence electrons. The monoisotopic (exact) mass is 321 g/mol. The van der Waals surface area contributed by atoms with Crippen LogP contribution in [0.4, 0.5) is 4.39 Å². The first-order valence-electron chi connectivity index (χ1n) is 4.90. The van der Waals surface area contributed by atoms with Gasteiger partial charge in [0.25, 0.3) is 9.05 Å². The van der Waals surface area contributed by atoms with E-state index in [9.17, 15) is 12.8 Å². The number of hydrogen-bond acceptors (Lipinski definition) is 4. The fourth-order valence-corrected chi connectivity index (χ4v) is 2.10. The molecule has 0 aliphatic rings. The normalized spacial score (nSPS) is 11.3. The van der Waals surface area contributed by atoms with Gasteiger partial charge >= 0.3 is 0 Å². The lowest BCUT2D eigenvalue weighted by atomic mass is 10.3. The van der Waals surface area contributed by atoms with Gasteiger partial charge in [-0.2, -0.15) is 0 Å². The molecule has 4 nitrogen and oxygen atoms in total. The third-order valence-corrected chi connectivity index (χ3v) is 3.75. The molecule has 0 unspecified atom stereocenters. The van der Waals surface area contributed by atoms with Gasteiger partial charge in [-0.3, -0.25) is 0 Å². The molecule has 8 heteroatoms. The number of halogens is 3. The van der Waals surface area contributed by atoms with Gasteiger partial charge in [0.2, 0.25) is 5.88 Å². The summed E-state index contributed by atoms with van der Waals surface area (Å²) >= 11 is 5.59. The lowest BCUT2D eigenvalue weighted by Crippen LogP contribution is -1.94. The Morgan fingerprint density at radius 3 is 2.53 bits per heavy atom. The van der Waals surface area contributed by atoms with Crippen molar-refractivity contribution in [2.45, 2.75) is 4.90 Å². The van der Waals surface area contributed by atoms with Crippen molar-refractivity contribution in [1.82, 2.24) is 4.98 Å². The maximum atomic E-state index is 13.6. The summed E-state index contributed by atoms with van der Waals surface area (Å²) in [6.07, 6.45) is 1.01. The molecule has 1 aromatic heterocycles. The lowest BCUT2D eigenvalue weighted by molar-refractivity contribution is 0.427. The topological polar surface area (TPSA) is 56.3 Å². The molecule has 0 saturated heterocycles. The highest BCUT2D eigenvalue weighted by Crippen LogP contribution is 2.28. The molecular formula is C11H6Cl2FNO3S. The highest BCUT2D eigenvalue weighted by Gasteiger charge is 2.12. The van der Waals surface area contributed by atoms with E-state index in [-0.39, 0.29) is 21.5 Å². The summed E-state index contributed by atoms with van der Waals surface area (Å²) in [5.41, 5.74) is 0. The van der Waals surface area contributed by atoms with E-state index >= 15 is 0 Å². The molecule has 0 saturated carbocycles. The van der Waals surface area contributed by atoms with Crippen LogP contribution in [-0.2, 0) is 9.05 Å². The van der Waals surface area contributed by atoms with Crippen molar-refractivity contribution < 1.29 is 17.5 Å². The van der Waals surface area contributed by atoms with Gasteiger partial charge in [-0.05, 0) is 18.2 Å². The summed E-state index contributed by atoms with van der Waals surface area (Å²) in [6.45, 7) is 0. The number of ether oxygens (including phenoxy) is 1. The van der Waals surface area contributed by atoms with E-state index in [2.05, 4.69) is 4.98 Å². The van der Waals surface area contributed by atoms with E-state index in [1.165, 1.54) is 30.3 Å². The molecule has 0 atom stereocenters. The molecule has 2 rings (SSSR count). The third-order valence-electron chi connectivity index (χ3n) is 2.12. The Labute approximate surface area is 118 Å². The molecular weight excluding hydrogens is 316 g/mol. The summed E-state index contributed by atoms with van der Waals surface area (Å²) in [5, 5.41) is -0.0857. The molecule has 0 amide bonds. The van der Waals surface area contributed by atoms with Gasteiger partial charge in [-0.25, -0.2) is 17.8 Å². The highest BCUT2D eigenvalue weighted by atomic mass is 35.7. The Bertz CT molecular complexity index is 704. The summed E-state index contributed by atoms with van der Waals surface area (Å²) in [5.74, 6) is -0.813. The first kappa shape index (κ1) is 14.0. The molecule has 0 N–H and O–H groups in total. The molecule has 1 aromatic carbocycles. The van der Waals surface area contributed by atoms with Crippen LogP contribution in [0, 0.1) is 5.82 Å². The maximum Gasteiger partial charge on any atom is 0.262 e. The number of nitrogens with zero attached hydrogens (tertiary/aromatic N) is 1. The minimum absolute atomic E-state index is 0.0187. The Kier molecular flexibility index (Phi) is 3.93. The molecule has 0 radical (unpaired) electrons. The van der Waals surface area contributed by atoms with E-state index in [1.807, 2.05) is 0 Å². The lowest BCUT2D eigenvalue weighted by Gasteiger charge is -2.06. The van der Waals surface area contributed by atoms with Gasteiger partial charge in [0, 0.05) is 16.7 Å². The fourth-order valence-electron chi connectivity index (χ4n) is 1.25. The molecule has 19 heavy (non-hydrogen) atoms. The van der Waals surface area contributed by atoms with Crippen LogP contribution in [0.5, 0.6) is 11.6 Å². The minimum Gasteiger partial charge on any atom is -0.436 e. The number of benzene rings is 1. The largest absolute Gasteiger partial charge is 0.436 e. The summed E-state index contributed by atoms with van der Waals surface area (Å²) in [4.78, 5) is 3.54. The predicted molar refractivity (Wildman–Crippen MR) is 68.8 cm³/mol. The van der Waals surface area contributed by atoms with Crippen molar-refractivity contribution >= 4 is 31.3 Å². The van der Waals surface area contributed by atoms with Crippen LogP contribution in [0.3, 0.4) is 0 Å². The SMILES string of the molecule is O=S(=O)(Cl)c1ccc(Oc2cccc(Cl)c2F)nc1. The zero-order valence-electron chi connectivity index (χ0n) is 9.18. The quantitative estimate of drug-likeness (QED) is 0.810. The second kappa shape index (κ2) is 5.32. The standard InChI is InChI=1S/C11H6Cl2FNO3S/c12-8-2-1-3-9(11(8)14)18-10-5-4-7(6-15-10)19(13,16)17/h1-6H. The maximum absolute atomic E-state index is 13.6. The van der Waals surface area contributed by atoms with Crippen molar-refractivity contribution in [3.63, 3.8) is 0 Å². The number of aromatic nitrogens is 1. The third kappa shape index (κ3) is 3.34. The number of hydrogen-bond donors (Lipinski definition) is 0. The van der Waals surface area contributed by atoms with E-state index in [0.29, 0.717) is 0 Å². The molecule has 0 aliphatic heterocycles. The Balaban J connectivity index is 2.27. The molecule has 1 heterocycles. The summed E-state index contributed by atoms with van der Waals surface area (Å²) in [6, 6.07) is 6.72. The van der Waals surface area contributed by atoms with Crippen LogP contribution in [0.1, 0.15) is 0 Å². The van der Waals surface area contributed by atoms with Gasteiger partial charge in [0.15, 0.2) is 11.6 Å². The van der Waals surface area contributed by atoms with Crippen LogP contribution in [-0.4, -0.2) is 13.4 Å². The van der Waals surface area contributed by atoms with Crippen molar-refractivity contribution in [3.8, 4) is 11.6 Å². The van der Waals surface area contributed by atoms with Crippen LogP contribution < -0.4 is 4.74 Å². The minimum atomic E-state index is -3.85. The highest BCUT2D eigenvalue weighted by molar-refractivity contribution is 8.13. The second-order valence-corrected chi connectivity index (χ2v) is 6.40. The molecule has 0 aliphatic carbocycles. The second-order valence-electron chi connectivity index (χ2n) is 3.42. The number of rotatable bonds is 3. The molecule has 0 spiro atoms. The summed E-state index contributed by atoms with van der Waals surface area (Å²) < 4.78 is 40.7. The predicted octanol–water partition coefficient (Wildman–Crippen LogP) is 3.59. The van der Waals surface area contributed by atoms with E-state index in [4.69, 9.17) is 27.0 Å².